The highest BCUT2D eigenvalue weighted by Crippen LogP contribution is 2.27. The zero-order chi connectivity index (χ0) is 16.5. The molecule has 8 heteroatoms. The average Bonchev–Trinajstić information content (AvgIpc) is 3.01. The Hall–Kier alpha value is -0.770. The molecular weight excluding hydrogens is 296 g/mol. The van der Waals surface area contributed by atoms with Gasteiger partial charge in [0.05, 0.1) is 46.1 Å². The fourth-order valence-electron chi connectivity index (χ4n) is 1.90. The number of carbonyl (C=O) groups is 1. The summed E-state index contributed by atoms with van der Waals surface area (Å²) in [6, 6.07) is 0. The van der Waals surface area contributed by atoms with Gasteiger partial charge in [-0.25, -0.2) is 0 Å². The minimum Gasteiger partial charge on any atom is -0.463 e. The van der Waals surface area contributed by atoms with Crippen LogP contribution in [-0.4, -0.2) is 73.5 Å². The third-order valence-corrected chi connectivity index (χ3v) is 3.79. The molecule has 2 rings (SSSR count). The summed E-state index contributed by atoms with van der Waals surface area (Å²) in [5, 5.41) is 26.0. The highest BCUT2D eigenvalue weighted by Gasteiger charge is 2.39. The van der Waals surface area contributed by atoms with E-state index in [0.29, 0.717) is 32.7 Å². The molecule has 0 aromatic carbocycles. The SMILES string of the molecule is CCC(CO)(CO)CO.O=C1CCC2(OCCO1)OCCO2. The number of ether oxygens (including phenoxy) is 4. The highest BCUT2D eigenvalue weighted by atomic mass is 16.9. The van der Waals surface area contributed by atoms with Crippen LogP contribution in [0.3, 0.4) is 0 Å². The predicted molar refractivity (Wildman–Crippen MR) is 74.8 cm³/mol. The van der Waals surface area contributed by atoms with Gasteiger partial charge < -0.3 is 34.3 Å². The van der Waals surface area contributed by atoms with E-state index in [-0.39, 0.29) is 38.8 Å². The van der Waals surface area contributed by atoms with Gasteiger partial charge in [0, 0.05) is 11.8 Å². The topological polar surface area (TPSA) is 115 Å². The van der Waals surface area contributed by atoms with Crippen molar-refractivity contribution in [1.82, 2.24) is 0 Å². The second kappa shape index (κ2) is 9.39. The molecule has 2 saturated heterocycles. The Bertz CT molecular complexity index is 305. The molecule has 2 aliphatic heterocycles. The molecule has 2 fully saturated rings. The van der Waals surface area contributed by atoms with Crippen molar-refractivity contribution in [3.63, 3.8) is 0 Å². The maximum Gasteiger partial charge on any atom is 0.306 e. The van der Waals surface area contributed by atoms with E-state index in [9.17, 15) is 4.79 Å². The molecule has 0 amide bonds. The molecule has 2 aliphatic rings. The molecule has 0 aromatic heterocycles. The molecular formula is C14H26O8. The molecule has 0 unspecified atom stereocenters. The number of esters is 1. The lowest BCUT2D eigenvalue weighted by atomic mass is 9.88. The Morgan fingerprint density at radius 1 is 1.00 bits per heavy atom. The zero-order valence-corrected chi connectivity index (χ0v) is 13.0. The van der Waals surface area contributed by atoms with Crippen LogP contribution < -0.4 is 0 Å². The van der Waals surface area contributed by atoms with E-state index in [1.165, 1.54) is 0 Å². The van der Waals surface area contributed by atoms with E-state index in [1.807, 2.05) is 6.92 Å². The first-order valence-electron chi connectivity index (χ1n) is 7.45. The summed E-state index contributed by atoms with van der Waals surface area (Å²) < 4.78 is 20.8. The normalized spacial score (nSPS) is 21.5. The van der Waals surface area contributed by atoms with Crippen LogP contribution in [-0.2, 0) is 23.7 Å². The van der Waals surface area contributed by atoms with E-state index in [1.54, 1.807) is 0 Å². The molecule has 2 heterocycles. The van der Waals surface area contributed by atoms with Crippen molar-refractivity contribution < 1.29 is 39.1 Å². The van der Waals surface area contributed by atoms with Gasteiger partial charge in [0.15, 0.2) is 0 Å². The predicted octanol–water partition coefficient (Wildman–Crippen LogP) is -0.600. The van der Waals surface area contributed by atoms with Crippen LogP contribution in [0.25, 0.3) is 0 Å². The van der Waals surface area contributed by atoms with E-state index in [2.05, 4.69) is 0 Å². The Labute approximate surface area is 129 Å². The average molecular weight is 322 g/mol. The van der Waals surface area contributed by atoms with Crippen molar-refractivity contribution in [1.29, 1.82) is 0 Å². The summed E-state index contributed by atoms with van der Waals surface area (Å²) in [7, 11) is 0. The van der Waals surface area contributed by atoms with Gasteiger partial charge in [-0.15, -0.1) is 0 Å². The Morgan fingerprint density at radius 3 is 1.91 bits per heavy atom. The first kappa shape index (κ1) is 19.3. The molecule has 3 N–H and O–H groups in total. The van der Waals surface area contributed by atoms with Crippen molar-refractivity contribution in [2.45, 2.75) is 32.2 Å². The zero-order valence-electron chi connectivity index (χ0n) is 13.0. The van der Waals surface area contributed by atoms with Crippen molar-refractivity contribution in [3.05, 3.63) is 0 Å². The largest absolute Gasteiger partial charge is 0.463 e. The fourth-order valence-corrected chi connectivity index (χ4v) is 1.90. The summed E-state index contributed by atoms with van der Waals surface area (Å²) in [5.41, 5.74) is -0.667. The molecule has 130 valence electrons. The van der Waals surface area contributed by atoms with Gasteiger partial charge in [-0.05, 0) is 6.42 Å². The molecule has 0 aliphatic carbocycles. The van der Waals surface area contributed by atoms with Gasteiger partial charge in [0.25, 0.3) is 5.97 Å². The van der Waals surface area contributed by atoms with Gasteiger partial charge in [-0.3, -0.25) is 4.79 Å². The summed E-state index contributed by atoms with van der Waals surface area (Å²) in [5.74, 6) is -1.19. The smallest absolute Gasteiger partial charge is 0.306 e. The molecule has 0 radical (unpaired) electrons. The summed E-state index contributed by atoms with van der Waals surface area (Å²) >= 11 is 0. The lowest BCUT2D eigenvalue weighted by Gasteiger charge is -2.28. The van der Waals surface area contributed by atoms with Crippen LogP contribution in [0.5, 0.6) is 0 Å². The highest BCUT2D eigenvalue weighted by molar-refractivity contribution is 5.69. The van der Waals surface area contributed by atoms with Gasteiger partial charge in [0.2, 0.25) is 0 Å². The Balaban J connectivity index is 0.000000239. The number of carbonyl (C=O) groups excluding carboxylic acids is 1. The third-order valence-electron chi connectivity index (χ3n) is 3.79. The first-order valence-corrected chi connectivity index (χ1v) is 7.45. The minimum absolute atomic E-state index is 0.156. The third kappa shape index (κ3) is 5.45. The fraction of sp³-hybridized carbons (Fsp3) is 0.929. The first-order chi connectivity index (χ1) is 10.6. The van der Waals surface area contributed by atoms with Crippen LogP contribution in [0, 0.1) is 5.41 Å². The van der Waals surface area contributed by atoms with Crippen molar-refractivity contribution in [2.24, 2.45) is 5.41 Å². The molecule has 1 spiro atoms. The van der Waals surface area contributed by atoms with Gasteiger partial charge in [-0.1, -0.05) is 6.92 Å². The Kier molecular flexibility index (Phi) is 8.23. The van der Waals surface area contributed by atoms with E-state index >= 15 is 0 Å². The van der Waals surface area contributed by atoms with Crippen molar-refractivity contribution >= 4 is 5.97 Å². The van der Waals surface area contributed by atoms with Gasteiger partial charge in [0.1, 0.15) is 6.61 Å². The maximum absolute atomic E-state index is 11.0. The van der Waals surface area contributed by atoms with Crippen molar-refractivity contribution in [2.75, 3.05) is 46.2 Å². The van der Waals surface area contributed by atoms with Crippen LogP contribution >= 0.6 is 0 Å². The molecule has 0 aromatic rings. The lowest BCUT2D eigenvalue weighted by Crippen LogP contribution is -2.37. The van der Waals surface area contributed by atoms with Crippen LogP contribution in [0.4, 0.5) is 0 Å². The van der Waals surface area contributed by atoms with Crippen LogP contribution in [0.15, 0.2) is 0 Å². The van der Waals surface area contributed by atoms with E-state index in [4.69, 9.17) is 34.3 Å². The second-order valence-corrected chi connectivity index (χ2v) is 5.28. The number of aliphatic hydroxyl groups is 3. The van der Waals surface area contributed by atoms with E-state index in [0.717, 1.165) is 0 Å². The van der Waals surface area contributed by atoms with Crippen molar-refractivity contribution in [3.8, 4) is 0 Å². The van der Waals surface area contributed by atoms with Gasteiger partial charge in [-0.2, -0.15) is 0 Å². The quantitative estimate of drug-likeness (QED) is 0.588. The number of hydrogen-bond donors (Lipinski definition) is 3. The second-order valence-electron chi connectivity index (χ2n) is 5.28. The monoisotopic (exact) mass is 322 g/mol. The van der Waals surface area contributed by atoms with Crippen LogP contribution in [0.2, 0.25) is 0 Å². The Morgan fingerprint density at radius 2 is 1.50 bits per heavy atom. The standard InChI is InChI=1S/C8H12O5.C6H14O3/c9-7-1-2-8(11-4-3-10-7)12-5-6-13-8;1-2-6(3-7,4-8)5-9/h1-6H2;7-9H,2-5H2,1H3. The molecule has 22 heavy (non-hydrogen) atoms. The number of cyclic esters (lactones) is 1. The van der Waals surface area contributed by atoms with Crippen LogP contribution in [0.1, 0.15) is 26.2 Å². The summed E-state index contributed by atoms with van der Waals surface area (Å²) in [4.78, 5) is 11.0. The number of aliphatic hydroxyl groups excluding tert-OH is 3. The summed E-state index contributed by atoms with van der Waals surface area (Å²) in [6.07, 6.45) is 1.28. The number of hydrogen-bond acceptors (Lipinski definition) is 8. The number of rotatable bonds is 4. The summed E-state index contributed by atoms with van der Waals surface area (Å²) in [6.45, 7) is 3.00. The molecule has 0 bridgehead atoms. The maximum atomic E-state index is 11.0. The lowest BCUT2D eigenvalue weighted by molar-refractivity contribution is -0.339. The molecule has 0 atom stereocenters. The van der Waals surface area contributed by atoms with Gasteiger partial charge >= 0.3 is 5.97 Å². The van der Waals surface area contributed by atoms with E-state index < -0.39 is 11.4 Å². The molecule has 8 nitrogen and oxygen atoms in total. The minimum atomic E-state index is -0.973. The molecule has 0 saturated carbocycles.